The van der Waals surface area contributed by atoms with E-state index < -0.39 is 0 Å². The number of aromatic nitrogens is 2. The van der Waals surface area contributed by atoms with Crippen molar-refractivity contribution < 1.29 is 0 Å². The van der Waals surface area contributed by atoms with Crippen LogP contribution in [0.4, 0.5) is 5.82 Å². The Bertz CT molecular complexity index is 776. The maximum atomic E-state index is 4.53. The number of nitrogens with zero attached hydrogens (tertiary/aromatic N) is 2. The third-order valence-corrected chi connectivity index (χ3v) is 5.00. The standard InChI is InChI=1S/C22H23N3/c1-3-9-17(10-4-1)20(18-11-5-2-6-12-18)15-23-22-19-13-7-8-14-21(19)24-16-25-22/h1-6,9-12,16,20H,7-8,13-15H2,(H,23,24,25). The normalized spacial score (nSPS) is 13.5. The highest BCUT2D eigenvalue weighted by atomic mass is 15.0. The SMILES string of the molecule is c1ccc(C(CNc2ncnc3c2CCCC3)c2ccccc2)cc1. The largest absolute Gasteiger partial charge is 0.369 e. The topological polar surface area (TPSA) is 37.8 Å². The van der Waals surface area contributed by atoms with Crippen molar-refractivity contribution in [2.45, 2.75) is 31.6 Å². The Hall–Kier alpha value is -2.68. The van der Waals surface area contributed by atoms with Gasteiger partial charge in [0, 0.05) is 23.7 Å². The van der Waals surface area contributed by atoms with E-state index in [9.17, 15) is 0 Å². The molecule has 3 aromatic rings. The molecular weight excluding hydrogens is 306 g/mol. The van der Waals surface area contributed by atoms with Crippen LogP contribution < -0.4 is 5.32 Å². The molecule has 1 aliphatic rings. The molecule has 0 saturated carbocycles. The van der Waals surface area contributed by atoms with Gasteiger partial charge in [-0.05, 0) is 36.8 Å². The fraction of sp³-hybridized carbons (Fsp3) is 0.273. The number of nitrogens with one attached hydrogen (secondary N) is 1. The van der Waals surface area contributed by atoms with Crippen molar-refractivity contribution in [2.75, 3.05) is 11.9 Å². The smallest absolute Gasteiger partial charge is 0.132 e. The maximum Gasteiger partial charge on any atom is 0.132 e. The van der Waals surface area contributed by atoms with Crippen molar-refractivity contribution >= 4 is 5.82 Å². The molecule has 3 heteroatoms. The van der Waals surface area contributed by atoms with Crippen LogP contribution in [-0.4, -0.2) is 16.5 Å². The van der Waals surface area contributed by atoms with E-state index in [1.165, 1.54) is 35.2 Å². The zero-order valence-electron chi connectivity index (χ0n) is 14.4. The first-order chi connectivity index (χ1) is 12.4. The molecule has 0 radical (unpaired) electrons. The molecule has 0 fully saturated rings. The van der Waals surface area contributed by atoms with Gasteiger partial charge >= 0.3 is 0 Å². The lowest BCUT2D eigenvalue weighted by Gasteiger charge is -2.22. The van der Waals surface area contributed by atoms with E-state index in [-0.39, 0.29) is 0 Å². The second kappa shape index (κ2) is 7.47. The highest BCUT2D eigenvalue weighted by Crippen LogP contribution is 2.28. The molecule has 0 aliphatic heterocycles. The Labute approximate surface area is 149 Å². The fourth-order valence-electron chi connectivity index (χ4n) is 3.67. The second-order valence-corrected chi connectivity index (χ2v) is 6.61. The molecule has 0 spiro atoms. The quantitative estimate of drug-likeness (QED) is 0.743. The van der Waals surface area contributed by atoms with E-state index in [4.69, 9.17) is 0 Å². The third kappa shape index (κ3) is 3.55. The summed E-state index contributed by atoms with van der Waals surface area (Å²) in [6.45, 7) is 0.831. The van der Waals surface area contributed by atoms with Gasteiger partial charge < -0.3 is 5.32 Å². The minimum atomic E-state index is 0.302. The van der Waals surface area contributed by atoms with E-state index in [0.29, 0.717) is 5.92 Å². The summed E-state index contributed by atoms with van der Waals surface area (Å²) in [6.07, 6.45) is 6.33. The number of anilines is 1. The van der Waals surface area contributed by atoms with Gasteiger partial charge in [-0.3, -0.25) is 0 Å². The van der Waals surface area contributed by atoms with Crippen molar-refractivity contribution in [3.63, 3.8) is 0 Å². The minimum Gasteiger partial charge on any atom is -0.369 e. The molecular formula is C22H23N3. The Morgan fingerprint density at radius 2 is 1.44 bits per heavy atom. The highest BCUT2D eigenvalue weighted by Gasteiger charge is 2.18. The van der Waals surface area contributed by atoms with Gasteiger partial charge in [0.1, 0.15) is 12.1 Å². The van der Waals surface area contributed by atoms with Crippen LogP contribution in [-0.2, 0) is 12.8 Å². The zero-order chi connectivity index (χ0) is 16.9. The van der Waals surface area contributed by atoms with Crippen molar-refractivity contribution in [1.29, 1.82) is 0 Å². The number of hydrogen-bond donors (Lipinski definition) is 1. The summed E-state index contributed by atoms with van der Waals surface area (Å²) in [4.78, 5) is 9.00. The first-order valence-electron chi connectivity index (χ1n) is 9.08. The van der Waals surface area contributed by atoms with Crippen LogP contribution in [0, 0.1) is 0 Å². The van der Waals surface area contributed by atoms with Crippen molar-refractivity contribution in [3.05, 3.63) is 89.4 Å². The highest BCUT2D eigenvalue weighted by molar-refractivity contribution is 5.48. The molecule has 0 atom stereocenters. The van der Waals surface area contributed by atoms with Gasteiger partial charge in [-0.1, -0.05) is 60.7 Å². The van der Waals surface area contributed by atoms with Crippen LogP contribution in [0.3, 0.4) is 0 Å². The van der Waals surface area contributed by atoms with E-state index >= 15 is 0 Å². The number of benzene rings is 2. The summed E-state index contributed by atoms with van der Waals surface area (Å²) in [5, 5.41) is 3.62. The summed E-state index contributed by atoms with van der Waals surface area (Å²) < 4.78 is 0. The van der Waals surface area contributed by atoms with E-state index in [2.05, 4.69) is 75.9 Å². The summed E-state index contributed by atoms with van der Waals surface area (Å²) >= 11 is 0. The molecule has 1 heterocycles. The van der Waals surface area contributed by atoms with Gasteiger partial charge in [0.2, 0.25) is 0 Å². The van der Waals surface area contributed by atoms with E-state index in [1.807, 2.05) is 0 Å². The van der Waals surface area contributed by atoms with Crippen molar-refractivity contribution in [3.8, 4) is 0 Å². The molecule has 0 unspecified atom stereocenters. The summed E-state index contributed by atoms with van der Waals surface area (Å²) in [6, 6.07) is 21.4. The van der Waals surface area contributed by atoms with Crippen LogP contribution in [0.15, 0.2) is 67.0 Å². The van der Waals surface area contributed by atoms with Gasteiger partial charge in [-0.15, -0.1) is 0 Å². The predicted octanol–water partition coefficient (Wildman–Crippen LogP) is 4.60. The summed E-state index contributed by atoms with van der Waals surface area (Å²) in [5.74, 6) is 1.32. The fourth-order valence-corrected chi connectivity index (χ4v) is 3.67. The van der Waals surface area contributed by atoms with Crippen molar-refractivity contribution in [1.82, 2.24) is 9.97 Å². The van der Waals surface area contributed by atoms with Crippen molar-refractivity contribution in [2.24, 2.45) is 0 Å². The average molecular weight is 329 g/mol. The Balaban J connectivity index is 1.60. The molecule has 3 nitrogen and oxygen atoms in total. The van der Waals surface area contributed by atoms with Gasteiger partial charge in [-0.2, -0.15) is 0 Å². The number of fused-ring (bicyclic) bond motifs is 1. The van der Waals surface area contributed by atoms with Crippen LogP contribution in [0.25, 0.3) is 0 Å². The molecule has 2 aromatic carbocycles. The average Bonchev–Trinajstić information content (AvgIpc) is 2.70. The third-order valence-electron chi connectivity index (χ3n) is 5.00. The lowest BCUT2D eigenvalue weighted by Crippen LogP contribution is -2.18. The summed E-state index contributed by atoms with van der Waals surface area (Å²) in [5.41, 5.74) is 5.18. The first-order valence-corrected chi connectivity index (χ1v) is 9.08. The van der Waals surface area contributed by atoms with Gasteiger partial charge in [-0.25, -0.2) is 9.97 Å². The van der Waals surface area contributed by atoms with Crippen LogP contribution >= 0.6 is 0 Å². The lowest BCUT2D eigenvalue weighted by molar-refractivity contribution is 0.662. The molecule has 1 N–H and O–H groups in total. The zero-order valence-corrected chi connectivity index (χ0v) is 14.4. The molecule has 0 amide bonds. The molecule has 1 aromatic heterocycles. The molecule has 0 saturated heterocycles. The van der Waals surface area contributed by atoms with Gasteiger partial charge in [0.15, 0.2) is 0 Å². The molecule has 0 bridgehead atoms. The number of hydrogen-bond acceptors (Lipinski definition) is 3. The van der Waals surface area contributed by atoms with E-state index in [1.54, 1.807) is 6.33 Å². The van der Waals surface area contributed by atoms with Crippen LogP contribution in [0.2, 0.25) is 0 Å². The molecule has 25 heavy (non-hydrogen) atoms. The maximum absolute atomic E-state index is 4.53. The Kier molecular flexibility index (Phi) is 4.73. The van der Waals surface area contributed by atoms with Crippen LogP contribution in [0.1, 0.15) is 41.1 Å². The second-order valence-electron chi connectivity index (χ2n) is 6.61. The minimum absolute atomic E-state index is 0.302. The Morgan fingerprint density at radius 3 is 2.12 bits per heavy atom. The van der Waals surface area contributed by atoms with Gasteiger partial charge in [0.25, 0.3) is 0 Å². The summed E-state index contributed by atoms with van der Waals surface area (Å²) in [7, 11) is 0. The molecule has 1 aliphatic carbocycles. The molecule has 4 rings (SSSR count). The van der Waals surface area contributed by atoms with Gasteiger partial charge in [0.05, 0.1) is 0 Å². The first kappa shape index (κ1) is 15.8. The lowest BCUT2D eigenvalue weighted by atomic mass is 9.91. The number of aryl methyl sites for hydroxylation is 1. The molecule has 126 valence electrons. The van der Waals surface area contributed by atoms with E-state index in [0.717, 1.165) is 25.2 Å². The monoisotopic (exact) mass is 329 g/mol. The Morgan fingerprint density at radius 1 is 0.800 bits per heavy atom. The van der Waals surface area contributed by atoms with Crippen LogP contribution in [0.5, 0.6) is 0 Å². The predicted molar refractivity (Wildman–Crippen MR) is 102 cm³/mol. The number of rotatable bonds is 5.